The van der Waals surface area contributed by atoms with Crippen LogP contribution in [0.5, 0.6) is 5.75 Å². The monoisotopic (exact) mass is 231 g/mol. The van der Waals surface area contributed by atoms with Crippen molar-refractivity contribution in [3.8, 4) is 17.0 Å². The number of aryl methyl sites for hydroxylation is 1. The first kappa shape index (κ1) is 11.5. The zero-order chi connectivity index (χ0) is 12.3. The smallest absolute Gasteiger partial charge is 0.119 e. The number of ether oxygens (including phenoxy) is 1. The van der Waals surface area contributed by atoms with Crippen molar-refractivity contribution in [2.24, 2.45) is 0 Å². The number of hydrogen-bond acceptors (Lipinski definition) is 3. The van der Waals surface area contributed by atoms with E-state index in [2.05, 4.69) is 5.10 Å². The predicted octanol–water partition coefficient (Wildman–Crippen LogP) is 2.55. The highest BCUT2D eigenvalue weighted by Gasteiger charge is 2.07. The Morgan fingerprint density at radius 3 is 2.47 bits per heavy atom. The van der Waals surface area contributed by atoms with E-state index in [4.69, 9.17) is 10.5 Å². The summed E-state index contributed by atoms with van der Waals surface area (Å²) in [4.78, 5) is 0. The Bertz CT molecular complexity index is 488. The van der Waals surface area contributed by atoms with Gasteiger partial charge >= 0.3 is 0 Å². The highest BCUT2D eigenvalue weighted by Crippen LogP contribution is 2.25. The van der Waals surface area contributed by atoms with Crippen LogP contribution >= 0.6 is 0 Å². The topological polar surface area (TPSA) is 53.1 Å². The molecule has 0 saturated carbocycles. The lowest BCUT2D eigenvalue weighted by Gasteiger charge is -2.03. The van der Waals surface area contributed by atoms with Gasteiger partial charge in [0.2, 0.25) is 0 Å². The van der Waals surface area contributed by atoms with Crippen molar-refractivity contribution < 1.29 is 4.74 Å². The minimum absolute atomic E-state index is 0.673. The third kappa shape index (κ3) is 2.41. The molecule has 17 heavy (non-hydrogen) atoms. The molecule has 0 saturated heterocycles. The second-order valence-corrected chi connectivity index (χ2v) is 3.75. The van der Waals surface area contributed by atoms with Gasteiger partial charge in [-0.1, -0.05) is 0 Å². The Labute approximate surface area is 101 Å². The minimum Gasteiger partial charge on any atom is -0.494 e. The summed E-state index contributed by atoms with van der Waals surface area (Å²) in [5.41, 5.74) is 8.48. The van der Waals surface area contributed by atoms with Crippen LogP contribution in [0.25, 0.3) is 11.3 Å². The normalized spacial score (nSPS) is 10.5. The highest BCUT2D eigenvalue weighted by molar-refractivity contribution is 5.72. The molecule has 0 aliphatic rings. The Balaban J connectivity index is 2.29. The van der Waals surface area contributed by atoms with Crippen LogP contribution in [0.2, 0.25) is 0 Å². The van der Waals surface area contributed by atoms with Crippen LogP contribution in [0.15, 0.2) is 30.5 Å². The van der Waals surface area contributed by atoms with Crippen LogP contribution in [-0.2, 0) is 6.54 Å². The molecule has 0 aliphatic heterocycles. The zero-order valence-electron chi connectivity index (χ0n) is 10.2. The summed E-state index contributed by atoms with van der Waals surface area (Å²) in [6.07, 6.45) is 1.85. The van der Waals surface area contributed by atoms with E-state index in [1.165, 1.54) is 0 Å². The van der Waals surface area contributed by atoms with Gasteiger partial charge in [0.25, 0.3) is 0 Å². The fourth-order valence-electron chi connectivity index (χ4n) is 1.70. The van der Waals surface area contributed by atoms with Gasteiger partial charge in [0.15, 0.2) is 0 Å². The Morgan fingerprint density at radius 1 is 1.24 bits per heavy atom. The van der Waals surface area contributed by atoms with Gasteiger partial charge in [-0.3, -0.25) is 4.68 Å². The molecule has 2 rings (SSSR count). The van der Waals surface area contributed by atoms with Gasteiger partial charge in [-0.05, 0) is 38.1 Å². The van der Waals surface area contributed by atoms with Crippen molar-refractivity contribution in [2.75, 3.05) is 12.3 Å². The molecule has 0 amide bonds. The number of nitrogen functional groups attached to an aromatic ring is 1. The average molecular weight is 231 g/mol. The van der Waals surface area contributed by atoms with Crippen molar-refractivity contribution in [1.82, 2.24) is 9.78 Å². The molecule has 0 unspecified atom stereocenters. The molecule has 0 radical (unpaired) electrons. The molecule has 90 valence electrons. The summed E-state index contributed by atoms with van der Waals surface area (Å²) < 4.78 is 7.23. The van der Waals surface area contributed by atoms with Gasteiger partial charge in [0.1, 0.15) is 11.4 Å². The molecule has 0 aliphatic carbocycles. The first-order valence-electron chi connectivity index (χ1n) is 5.80. The van der Waals surface area contributed by atoms with Crippen LogP contribution in [0.1, 0.15) is 13.8 Å². The molecule has 1 heterocycles. The zero-order valence-corrected chi connectivity index (χ0v) is 10.2. The second-order valence-electron chi connectivity index (χ2n) is 3.75. The first-order chi connectivity index (χ1) is 8.24. The molecule has 2 N–H and O–H groups in total. The Morgan fingerprint density at radius 2 is 1.94 bits per heavy atom. The first-order valence-corrected chi connectivity index (χ1v) is 5.80. The lowest BCUT2D eigenvalue weighted by atomic mass is 10.1. The molecular weight excluding hydrogens is 214 g/mol. The summed E-state index contributed by atoms with van der Waals surface area (Å²) in [6.45, 7) is 5.50. The van der Waals surface area contributed by atoms with Gasteiger partial charge in [-0.25, -0.2) is 0 Å². The molecule has 1 aromatic carbocycles. The third-order valence-electron chi connectivity index (χ3n) is 2.55. The molecule has 0 atom stereocenters. The fraction of sp³-hybridized carbons (Fsp3) is 0.308. The highest BCUT2D eigenvalue weighted by atomic mass is 16.5. The lowest BCUT2D eigenvalue weighted by Crippen LogP contribution is -1.94. The van der Waals surface area contributed by atoms with E-state index >= 15 is 0 Å². The van der Waals surface area contributed by atoms with E-state index in [1.54, 1.807) is 0 Å². The maximum atomic E-state index is 5.93. The fourth-order valence-corrected chi connectivity index (χ4v) is 1.70. The van der Waals surface area contributed by atoms with E-state index < -0.39 is 0 Å². The van der Waals surface area contributed by atoms with Crippen molar-refractivity contribution in [1.29, 1.82) is 0 Å². The molecule has 2 aromatic rings. The third-order valence-corrected chi connectivity index (χ3v) is 2.55. The van der Waals surface area contributed by atoms with Gasteiger partial charge < -0.3 is 10.5 Å². The standard InChI is InChI=1S/C13H17N3O/c1-3-16-9-12(14)13(15-16)10-5-7-11(8-6-10)17-4-2/h5-9H,3-4,14H2,1-2H3. The van der Waals surface area contributed by atoms with E-state index in [0.29, 0.717) is 12.3 Å². The number of nitrogens with zero attached hydrogens (tertiary/aromatic N) is 2. The molecule has 1 aromatic heterocycles. The summed E-state index contributed by atoms with van der Waals surface area (Å²) in [5, 5.41) is 4.43. The van der Waals surface area contributed by atoms with E-state index in [0.717, 1.165) is 23.6 Å². The van der Waals surface area contributed by atoms with Crippen molar-refractivity contribution >= 4 is 5.69 Å². The molecule has 4 heteroatoms. The van der Waals surface area contributed by atoms with Crippen LogP contribution < -0.4 is 10.5 Å². The van der Waals surface area contributed by atoms with E-state index in [9.17, 15) is 0 Å². The van der Waals surface area contributed by atoms with Gasteiger partial charge in [0.05, 0.1) is 12.3 Å². The maximum Gasteiger partial charge on any atom is 0.119 e. The molecule has 4 nitrogen and oxygen atoms in total. The van der Waals surface area contributed by atoms with Gasteiger partial charge in [0, 0.05) is 18.3 Å². The van der Waals surface area contributed by atoms with Crippen molar-refractivity contribution in [3.63, 3.8) is 0 Å². The van der Waals surface area contributed by atoms with Crippen LogP contribution in [0.4, 0.5) is 5.69 Å². The SMILES string of the molecule is CCOc1ccc(-c2nn(CC)cc2N)cc1. The molecule has 0 fully saturated rings. The lowest BCUT2D eigenvalue weighted by molar-refractivity contribution is 0.340. The largest absolute Gasteiger partial charge is 0.494 e. The van der Waals surface area contributed by atoms with Crippen molar-refractivity contribution in [3.05, 3.63) is 30.5 Å². The summed E-state index contributed by atoms with van der Waals surface area (Å²) in [5.74, 6) is 0.866. The van der Waals surface area contributed by atoms with Crippen LogP contribution in [0, 0.1) is 0 Å². The Kier molecular flexibility index (Phi) is 3.32. The summed E-state index contributed by atoms with van der Waals surface area (Å²) >= 11 is 0. The van der Waals surface area contributed by atoms with Crippen molar-refractivity contribution in [2.45, 2.75) is 20.4 Å². The predicted molar refractivity (Wildman–Crippen MR) is 68.9 cm³/mol. The average Bonchev–Trinajstić information content (AvgIpc) is 2.72. The minimum atomic E-state index is 0.673. The number of nitrogens with two attached hydrogens (primary N) is 1. The summed E-state index contributed by atoms with van der Waals surface area (Å²) in [7, 11) is 0. The number of aromatic nitrogens is 2. The number of rotatable bonds is 4. The molecular formula is C13H17N3O. The van der Waals surface area contributed by atoms with E-state index in [-0.39, 0.29) is 0 Å². The Hall–Kier alpha value is -1.97. The molecule has 0 spiro atoms. The second kappa shape index (κ2) is 4.91. The maximum absolute atomic E-state index is 5.93. The van der Waals surface area contributed by atoms with E-state index in [1.807, 2.05) is 49.0 Å². The summed E-state index contributed by atoms with van der Waals surface area (Å²) in [6, 6.07) is 7.82. The van der Waals surface area contributed by atoms with Gasteiger partial charge in [-0.15, -0.1) is 0 Å². The van der Waals surface area contributed by atoms with Crippen LogP contribution in [0.3, 0.4) is 0 Å². The molecule has 0 bridgehead atoms. The van der Waals surface area contributed by atoms with Crippen LogP contribution in [-0.4, -0.2) is 16.4 Å². The number of benzene rings is 1. The number of anilines is 1. The quantitative estimate of drug-likeness (QED) is 0.879. The number of hydrogen-bond donors (Lipinski definition) is 1. The van der Waals surface area contributed by atoms with Gasteiger partial charge in [-0.2, -0.15) is 5.10 Å².